The fourth-order valence-electron chi connectivity index (χ4n) is 3.70. The van der Waals surface area contributed by atoms with Gasteiger partial charge in [-0.1, -0.05) is 24.3 Å². The highest BCUT2D eigenvalue weighted by molar-refractivity contribution is 7.77. The van der Waals surface area contributed by atoms with Crippen molar-refractivity contribution in [1.82, 2.24) is 24.1 Å². The molecule has 1 atom stereocenters. The lowest BCUT2D eigenvalue weighted by Gasteiger charge is -2.08. The third-order valence-electron chi connectivity index (χ3n) is 5.26. The average molecular weight is 446 g/mol. The van der Waals surface area contributed by atoms with E-state index >= 15 is 0 Å². The fraction of sp³-hybridized carbons (Fsp3) is 0.0455. The maximum Gasteiger partial charge on any atom is 0.272 e. The normalized spacial score (nSPS) is 12.4. The molecule has 0 spiro atoms. The second-order valence-electron chi connectivity index (χ2n) is 7.17. The van der Waals surface area contributed by atoms with Crippen LogP contribution in [0.3, 0.4) is 0 Å². The van der Waals surface area contributed by atoms with Crippen molar-refractivity contribution in [3.63, 3.8) is 0 Å². The number of carbonyl (C=O) groups is 1. The number of ketones is 1. The highest BCUT2D eigenvalue weighted by Crippen LogP contribution is 2.29. The number of hydrogen-bond acceptors (Lipinski definition) is 5. The molecular formula is C22H16N5O4S-. The van der Waals surface area contributed by atoms with Crippen molar-refractivity contribution in [2.45, 2.75) is 6.54 Å². The molecule has 9 nitrogen and oxygen atoms in total. The van der Waals surface area contributed by atoms with Crippen molar-refractivity contribution in [2.24, 2.45) is 0 Å². The molecule has 0 radical (unpaired) electrons. The van der Waals surface area contributed by atoms with Crippen LogP contribution in [0.2, 0.25) is 0 Å². The second-order valence-corrected chi connectivity index (χ2v) is 7.93. The van der Waals surface area contributed by atoms with Gasteiger partial charge in [-0.25, -0.2) is 9.71 Å². The molecule has 0 amide bonds. The van der Waals surface area contributed by atoms with Gasteiger partial charge in [-0.15, -0.1) is 0 Å². The second kappa shape index (κ2) is 8.00. The van der Waals surface area contributed by atoms with E-state index in [1.807, 2.05) is 18.3 Å². The molecule has 5 rings (SSSR count). The van der Waals surface area contributed by atoms with Gasteiger partial charge >= 0.3 is 0 Å². The van der Waals surface area contributed by atoms with Crippen molar-refractivity contribution in [1.29, 1.82) is 0 Å². The summed E-state index contributed by atoms with van der Waals surface area (Å²) < 4.78 is 25.2. The number of H-pyrrole nitrogens is 2. The van der Waals surface area contributed by atoms with Gasteiger partial charge in [0, 0.05) is 64.7 Å². The van der Waals surface area contributed by atoms with Crippen molar-refractivity contribution < 1.29 is 13.6 Å². The van der Waals surface area contributed by atoms with Crippen LogP contribution in [0.1, 0.15) is 21.6 Å². The van der Waals surface area contributed by atoms with Gasteiger partial charge < -0.3 is 18.9 Å². The summed E-state index contributed by atoms with van der Waals surface area (Å²) in [5, 5.41) is 0.913. The fourth-order valence-corrected chi connectivity index (χ4v) is 3.98. The standard InChI is InChI=1S/C22H17N5O4S/c28-20(14-5-3-13(4-6-14)9-26-32(30)31)19-11-25-22(29)18-8-15(12-27(18)19)17-10-24-21-16(17)2-1-7-23-21/h1-8,10-12,26H,9H2,(H,23,24)(H,25,29)(H,30,31)/p-1. The first kappa shape index (κ1) is 20.1. The predicted octanol–water partition coefficient (Wildman–Crippen LogP) is 2.29. The third kappa shape index (κ3) is 3.56. The maximum absolute atomic E-state index is 13.2. The monoisotopic (exact) mass is 446 g/mol. The Hall–Kier alpha value is -3.86. The van der Waals surface area contributed by atoms with E-state index in [-0.39, 0.29) is 17.9 Å². The molecule has 32 heavy (non-hydrogen) atoms. The molecule has 0 saturated heterocycles. The van der Waals surface area contributed by atoms with Crippen LogP contribution in [-0.2, 0) is 17.8 Å². The predicted molar refractivity (Wildman–Crippen MR) is 119 cm³/mol. The van der Waals surface area contributed by atoms with Crippen LogP contribution in [0.15, 0.2) is 72.0 Å². The molecule has 0 fully saturated rings. The number of fused-ring (bicyclic) bond motifs is 2. The Morgan fingerprint density at radius 2 is 1.97 bits per heavy atom. The number of carbonyl (C=O) groups excluding carboxylic acids is 1. The Labute approximate surface area is 183 Å². The molecule has 5 aromatic rings. The summed E-state index contributed by atoms with van der Waals surface area (Å²) >= 11 is -2.36. The van der Waals surface area contributed by atoms with Gasteiger partial charge in [0.15, 0.2) is 0 Å². The lowest BCUT2D eigenvalue weighted by molar-refractivity contribution is 0.103. The number of benzene rings is 1. The number of nitrogens with one attached hydrogen (secondary N) is 3. The molecule has 1 aromatic carbocycles. The first-order chi connectivity index (χ1) is 15.5. The minimum atomic E-state index is -2.36. The van der Waals surface area contributed by atoms with Gasteiger partial charge in [-0.3, -0.25) is 13.8 Å². The first-order valence-corrected chi connectivity index (χ1v) is 10.7. The molecular weight excluding hydrogens is 430 g/mol. The van der Waals surface area contributed by atoms with E-state index in [2.05, 4.69) is 19.7 Å². The summed E-state index contributed by atoms with van der Waals surface area (Å²) in [5.74, 6) is -0.277. The summed E-state index contributed by atoms with van der Waals surface area (Å²) in [6.45, 7) is 0.133. The van der Waals surface area contributed by atoms with Crippen LogP contribution in [0.25, 0.3) is 27.7 Å². The smallest absolute Gasteiger partial charge is 0.272 e. The zero-order chi connectivity index (χ0) is 22.2. The lowest BCUT2D eigenvalue weighted by atomic mass is 10.1. The molecule has 0 saturated carbocycles. The van der Waals surface area contributed by atoms with Crippen molar-refractivity contribution >= 4 is 33.6 Å². The van der Waals surface area contributed by atoms with Crippen LogP contribution in [0.5, 0.6) is 0 Å². The Morgan fingerprint density at radius 1 is 1.16 bits per heavy atom. The molecule has 0 bridgehead atoms. The number of rotatable bonds is 6. The molecule has 0 aliphatic carbocycles. The molecule has 4 aromatic heterocycles. The zero-order valence-corrected chi connectivity index (χ0v) is 17.3. The van der Waals surface area contributed by atoms with E-state index in [1.54, 1.807) is 47.1 Å². The van der Waals surface area contributed by atoms with Gasteiger partial charge in [-0.05, 0) is 23.8 Å². The molecule has 0 aliphatic rings. The SMILES string of the molecule is O=C(c1ccc(CNS(=O)[O-])cc1)c1c[nH]c(=O)c2cc(-c3c[nH]c4ncccc34)cn12. The summed E-state index contributed by atoms with van der Waals surface area (Å²) in [4.78, 5) is 35.7. The van der Waals surface area contributed by atoms with Gasteiger partial charge in [-0.2, -0.15) is 0 Å². The summed E-state index contributed by atoms with van der Waals surface area (Å²) in [6, 6.07) is 12.1. The molecule has 4 heterocycles. The maximum atomic E-state index is 13.2. The van der Waals surface area contributed by atoms with E-state index in [0.29, 0.717) is 22.3 Å². The Morgan fingerprint density at radius 3 is 2.75 bits per heavy atom. The van der Waals surface area contributed by atoms with Gasteiger partial charge in [0.05, 0.1) is 0 Å². The minimum absolute atomic E-state index is 0.133. The average Bonchev–Trinajstić information content (AvgIpc) is 3.43. The number of hydrogen-bond donors (Lipinski definition) is 3. The Bertz CT molecular complexity index is 1550. The van der Waals surface area contributed by atoms with Crippen LogP contribution < -0.4 is 10.3 Å². The van der Waals surface area contributed by atoms with E-state index in [1.165, 1.54) is 6.20 Å². The summed E-state index contributed by atoms with van der Waals surface area (Å²) in [5.41, 5.74) is 3.86. The Balaban J connectivity index is 1.55. The van der Waals surface area contributed by atoms with Gasteiger partial charge in [0.25, 0.3) is 5.56 Å². The van der Waals surface area contributed by atoms with Gasteiger partial charge in [0.2, 0.25) is 5.78 Å². The van der Waals surface area contributed by atoms with Crippen molar-refractivity contribution in [3.05, 3.63) is 94.4 Å². The molecule has 160 valence electrons. The van der Waals surface area contributed by atoms with E-state index in [9.17, 15) is 18.4 Å². The molecule has 0 aliphatic heterocycles. The zero-order valence-electron chi connectivity index (χ0n) is 16.5. The highest BCUT2D eigenvalue weighted by Gasteiger charge is 2.17. The lowest BCUT2D eigenvalue weighted by Crippen LogP contribution is -2.16. The number of aromatic amines is 2. The highest BCUT2D eigenvalue weighted by atomic mass is 32.2. The Kier molecular flexibility index (Phi) is 5.02. The number of aromatic nitrogens is 4. The quantitative estimate of drug-likeness (QED) is 0.272. The van der Waals surface area contributed by atoms with Crippen LogP contribution >= 0.6 is 0 Å². The first-order valence-electron chi connectivity index (χ1n) is 9.64. The van der Waals surface area contributed by atoms with E-state index in [4.69, 9.17) is 0 Å². The summed E-state index contributed by atoms with van der Waals surface area (Å²) in [7, 11) is 0. The van der Waals surface area contributed by atoms with Crippen molar-refractivity contribution in [3.8, 4) is 11.1 Å². The third-order valence-corrected chi connectivity index (χ3v) is 5.64. The largest absolute Gasteiger partial charge is 0.760 e. The van der Waals surface area contributed by atoms with Crippen LogP contribution in [-0.4, -0.2) is 33.9 Å². The topological polar surface area (TPSA) is 135 Å². The van der Waals surface area contributed by atoms with E-state index < -0.39 is 11.3 Å². The summed E-state index contributed by atoms with van der Waals surface area (Å²) in [6.07, 6.45) is 6.68. The molecule has 10 heteroatoms. The van der Waals surface area contributed by atoms with E-state index in [0.717, 1.165) is 22.2 Å². The number of pyridine rings is 1. The number of nitrogens with zero attached hydrogens (tertiary/aromatic N) is 2. The van der Waals surface area contributed by atoms with Gasteiger partial charge in [0.1, 0.15) is 16.9 Å². The van der Waals surface area contributed by atoms with Crippen LogP contribution in [0, 0.1) is 0 Å². The van der Waals surface area contributed by atoms with Crippen molar-refractivity contribution in [2.75, 3.05) is 0 Å². The van der Waals surface area contributed by atoms with Crippen LogP contribution in [0.4, 0.5) is 0 Å². The minimum Gasteiger partial charge on any atom is -0.760 e. The molecule has 1 unspecified atom stereocenters. The molecule has 3 N–H and O–H groups in total.